The van der Waals surface area contributed by atoms with Gasteiger partial charge >= 0.3 is 5.97 Å². The first-order valence-electron chi connectivity index (χ1n) is 7.20. The molecule has 0 atom stereocenters. The Labute approximate surface area is 124 Å². The zero-order chi connectivity index (χ0) is 15.6. The number of benzene rings is 1. The summed E-state index contributed by atoms with van der Waals surface area (Å²) in [5, 5.41) is 9.01. The predicted molar refractivity (Wildman–Crippen MR) is 81.2 cm³/mol. The number of aliphatic carboxylic acids is 1. The summed E-state index contributed by atoms with van der Waals surface area (Å²) < 4.78 is 0. The quantitative estimate of drug-likeness (QED) is 0.885. The number of primary amides is 1. The van der Waals surface area contributed by atoms with Crippen LogP contribution in [0.4, 0.5) is 5.69 Å². The third kappa shape index (κ3) is 3.17. The summed E-state index contributed by atoms with van der Waals surface area (Å²) in [5.41, 5.74) is 6.68. The van der Waals surface area contributed by atoms with Crippen LogP contribution in [0.25, 0.3) is 0 Å². The van der Waals surface area contributed by atoms with E-state index in [0.29, 0.717) is 12.8 Å². The van der Waals surface area contributed by atoms with E-state index in [-0.39, 0.29) is 11.8 Å². The number of carbonyl (C=O) groups is 2. The van der Waals surface area contributed by atoms with E-state index in [1.165, 1.54) is 0 Å². The van der Waals surface area contributed by atoms with E-state index in [2.05, 4.69) is 4.90 Å². The number of nitrogens with two attached hydrogens (primary N) is 1. The van der Waals surface area contributed by atoms with Crippen molar-refractivity contribution in [3.8, 4) is 0 Å². The van der Waals surface area contributed by atoms with Gasteiger partial charge in [-0.05, 0) is 44.4 Å². The van der Waals surface area contributed by atoms with Crippen LogP contribution in [0.2, 0.25) is 0 Å². The molecule has 1 aromatic carbocycles. The minimum atomic E-state index is -0.701. The normalized spacial score (nSPS) is 16.8. The topological polar surface area (TPSA) is 83.6 Å². The van der Waals surface area contributed by atoms with Gasteiger partial charge in [0.25, 0.3) is 0 Å². The van der Waals surface area contributed by atoms with Crippen LogP contribution in [0.5, 0.6) is 0 Å². The average Bonchev–Trinajstić information content (AvgIpc) is 2.47. The molecule has 1 heterocycles. The Morgan fingerprint density at radius 1 is 1.19 bits per heavy atom. The summed E-state index contributed by atoms with van der Waals surface area (Å²) in [6.07, 6.45) is 1.34. The molecule has 0 aromatic heterocycles. The highest BCUT2D eigenvalue weighted by molar-refractivity contribution is 5.85. The summed E-state index contributed by atoms with van der Waals surface area (Å²) in [5.74, 6) is -1.28. The summed E-state index contributed by atoms with van der Waals surface area (Å²) in [6.45, 7) is 5.11. The average molecular weight is 290 g/mol. The minimum Gasteiger partial charge on any atom is -0.481 e. The van der Waals surface area contributed by atoms with Crippen molar-refractivity contribution in [2.75, 3.05) is 18.0 Å². The molecule has 1 fully saturated rings. The number of rotatable bonds is 4. The summed E-state index contributed by atoms with van der Waals surface area (Å²) in [4.78, 5) is 24.6. The number of carbonyl (C=O) groups excluding carboxylic acids is 1. The highest BCUT2D eigenvalue weighted by Gasteiger charge is 2.28. The lowest BCUT2D eigenvalue weighted by molar-refractivity contribution is -0.142. The number of carboxylic acid groups (broad SMARTS) is 1. The molecule has 1 aromatic rings. The van der Waals surface area contributed by atoms with Gasteiger partial charge in [0.05, 0.1) is 11.3 Å². The van der Waals surface area contributed by atoms with E-state index in [1.807, 2.05) is 38.1 Å². The van der Waals surface area contributed by atoms with Gasteiger partial charge in [-0.2, -0.15) is 0 Å². The van der Waals surface area contributed by atoms with Crippen molar-refractivity contribution < 1.29 is 14.7 Å². The van der Waals surface area contributed by atoms with Crippen molar-refractivity contribution in [3.05, 3.63) is 29.8 Å². The number of anilines is 1. The van der Waals surface area contributed by atoms with Gasteiger partial charge in [-0.25, -0.2) is 0 Å². The molecule has 1 aliphatic rings. The van der Waals surface area contributed by atoms with E-state index in [4.69, 9.17) is 10.8 Å². The van der Waals surface area contributed by atoms with E-state index >= 15 is 0 Å². The van der Waals surface area contributed by atoms with Gasteiger partial charge in [-0.15, -0.1) is 0 Å². The fourth-order valence-corrected chi connectivity index (χ4v) is 2.62. The van der Waals surface area contributed by atoms with Crippen molar-refractivity contribution in [2.24, 2.45) is 11.7 Å². The Kier molecular flexibility index (Phi) is 4.21. The van der Waals surface area contributed by atoms with Gasteiger partial charge in [0.15, 0.2) is 0 Å². The number of hydrogen-bond acceptors (Lipinski definition) is 3. The SMILES string of the molecule is CC(C)(C(N)=O)c1ccc(N2CCC(C(=O)O)CC2)cc1. The molecule has 2 rings (SSSR count). The van der Waals surface area contributed by atoms with E-state index in [9.17, 15) is 9.59 Å². The van der Waals surface area contributed by atoms with Crippen molar-refractivity contribution >= 4 is 17.6 Å². The van der Waals surface area contributed by atoms with Crippen LogP contribution in [0.1, 0.15) is 32.3 Å². The van der Waals surface area contributed by atoms with Crippen LogP contribution in [-0.4, -0.2) is 30.1 Å². The van der Waals surface area contributed by atoms with Crippen LogP contribution in [0.3, 0.4) is 0 Å². The third-order valence-corrected chi connectivity index (χ3v) is 4.41. The molecular weight excluding hydrogens is 268 g/mol. The Bertz CT molecular complexity index is 529. The Morgan fingerprint density at radius 2 is 1.71 bits per heavy atom. The van der Waals surface area contributed by atoms with Gasteiger partial charge in [0.2, 0.25) is 5.91 Å². The first-order valence-corrected chi connectivity index (χ1v) is 7.20. The molecule has 21 heavy (non-hydrogen) atoms. The standard InChI is InChI=1S/C16H22N2O3/c1-16(2,15(17)21)12-3-5-13(6-4-12)18-9-7-11(8-10-18)14(19)20/h3-6,11H,7-10H2,1-2H3,(H2,17,21)(H,19,20). The lowest BCUT2D eigenvalue weighted by Gasteiger charge is -2.32. The van der Waals surface area contributed by atoms with Gasteiger partial charge < -0.3 is 15.7 Å². The third-order valence-electron chi connectivity index (χ3n) is 4.41. The second kappa shape index (κ2) is 5.76. The fourth-order valence-electron chi connectivity index (χ4n) is 2.62. The molecular formula is C16H22N2O3. The zero-order valence-electron chi connectivity index (χ0n) is 12.5. The summed E-state index contributed by atoms with van der Waals surface area (Å²) in [6, 6.07) is 7.79. The Morgan fingerprint density at radius 3 is 2.14 bits per heavy atom. The molecule has 0 aliphatic carbocycles. The molecule has 1 aliphatic heterocycles. The maximum Gasteiger partial charge on any atom is 0.306 e. The fraction of sp³-hybridized carbons (Fsp3) is 0.500. The largest absolute Gasteiger partial charge is 0.481 e. The number of hydrogen-bond donors (Lipinski definition) is 2. The van der Waals surface area contributed by atoms with Crippen molar-refractivity contribution in [3.63, 3.8) is 0 Å². The smallest absolute Gasteiger partial charge is 0.306 e. The van der Waals surface area contributed by atoms with E-state index in [1.54, 1.807) is 0 Å². The lowest BCUT2D eigenvalue weighted by Crippen LogP contribution is -2.37. The van der Waals surface area contributed by atoms with Gasteiger partial charge in [0.1, 0.15) is 0 Å². The lowest BCUT2D eigenvalue weighted by atomic mass is 9.84. The highest BCUT2D eigenvalue weighted by atomic mass is 16.4. The van der Waals surface area contributed by atoms with E-state index < -0.39 is 11.4 Å². The van der Waals surface area contributed by atoms with Crippen molar-refractivity contribution in [1.29, 1.82) is 0 Å². The van der Waals surface area contributed by atoms with E-state index in [0.717, 1.165) is 24.3 Å². The summed E-state index contributed by atoms with van der Waals surface area (Å²) in [7, 11) is 0. The van der Waals surface area contributed by atoms with Gasteiger partial charge in [0, 0.05) is 18.8 Å². The Hall–Kier alpha value is -2.04. The minimum absolute atomic E-state index is 0.227. The molecule has 0 spiro atoms. The molecule has 1 amide bonds. The van der Waals surface area contributed by atoms with Gasteiger partial charge in [-0.1, -0.05) is 12.1 Å². The first kappa shape index (κ1) is 15.4. The monoisotopic (exact) mass is 290 g/mol. The Balaban J connectivity index is 2.07. The summed E-state index contributed by atoms with van der Waals surface area (Å²) >= 11 is 0. The molecule has 0 saturated carbocycles. The highest BCUT2D eigenvalue weighted by Crippen LogP contribution is 2.27. The molecule has 3 N–H and O–H groups in total. The molecule has 0 radical (unpaired) electrons. The number of nitrogens with zero attached hydrogens (tertiary/aromatic N) is 1. The van der Waals surface area contributed by atoms with Gasteiger partial charge in [-0.3, -0.25) is 9.59 Å². The second-order valence-electron chi connectivity index (χ2n) is 6.14. The molecule has 0 unspecified atom stereocenters. The molecule has 1 saturated heterocycles. The van der Waals surface area contributed by atoms with Crippen LogP contribution in [-0.2, 0) is 15.0 Å². The molecule has 0 bridgehead atoms. The second-order valence-corrected chi connectivity index (χ2v) is 6.14. The van der Waals surface area contributed by atoms with Crippen molar-refractivity contribution in [2.45, 2.75) is 32.1 Å². The molecule has 114 valence electrons. The van der Waals surface area contributed by atoms with Crippen LogP contribution in [0.15, 0.2) is 24.3 Å². The molecule has 5 heteroatoms. The van der Waals surface area contributed by atoms with Crippen LogP contribution >= 0.6 is 0 Å². The van der Waals surface area contributed by atoms with Crippen LogP contribution in [0, 0.1) is 5.92 Å². The zero-order valence-corrected chi connectivity index (χ0v) is 12.5. The number of carboxylic acids is 1. The van der Waals surface area contributed by atoms with Crippen LogP contribution < -0.4 is 10.6 Å². The number of amides is 1. The maximum atomic E-state index is 11.5. The maximum absolute atomic E-state index is 11.5. The van der Waals surface area contributed by atoms with Crippen molar-refractivity contribution in [1.82, 2.24) is 0 Å². The molecule has 5 nitrogen and oxygen atoms in total. The predicted octanol–water partition coefficient (Wildman–Crippen LogP) is 1.75. The first-order chi connectivity index (χ1) is 9.82. The number of piperidine rings is 1.